The minimum Gasteiger partial charge on any atom is -0.497 e. The molecule has 1 aliphatic heterocycles. The Balaban J connectivity index is 1.64. The van der Waals surface area contributed by atoms with Crippen LogP contribution in [0, 0.1) is 17.5 Å². The first-order valence-electron chi connectivity index (χ1n) is 11.0. The van der Waals surface area contributed by atoms with E-state index in [0.717, 1.165) is 17.7 Å². The second kappa shape index (κ2) is 10.1. The second-order valence-corrected chi connectivity index (χ2v) is 8.79. The Hall–Kier alpha value is -3.72. The molecule has 0 unspecified atom stereocenters. The molecule has 0 aromatic heterocycles. The first kappa shape index (κ1) is 25.4. The number of urea groups is 1. The predicted molar refractivity (Wildman–Crippen MR) is 130 cm³/mol. The highest BCUT2D eigenvalue weighted by Crippen LogP contribution is 2.38. The first-order valence-corrected chi connectivity index (χ1v) is 11.4. The number of ether oxygens (including phenoxy) is 1. The number of rotatable bonds is 6. The number of nitrogens with zero attached hydrogens (tertiary/aromatic N) is 2. The molecule has 3 aromatic carbocycles. The molecule has 0 saturated heterocycles. The van der Waals surface area contributed by atoms with Crippen LogP contribution in [0.15, 0.2) is 48.5 Å². The highest BCUT2D eigenvalue weighted by molar-refractivity contribution is 6.31. The maximum Gasteiger partial charge on any atom is 0.325 e. The Labute approximate surface area is 211 Å². The average Bonchev–Trinajstić information content (AvgIpc) is 2.85. The van der Waals surface area contributed by atoms with Gasteiger partial charge in [-0.1, -0.05) is 23.7 Å². The highest BCUT2D eigenvalue weighted by Gasteiger charge is 2.34. The van der Waals surface area contributed by atoms with Crippen LogP contribution >= 0.6 is 11.6 Å². The fourth-order valence-corrected chi connectivity index (χ4v) is 4.29. The molecular formula is C26H23ClF3N3O3. The number of carbonyl (C=O) groups excluding carboxylic acids is 2. The van der Waals surface area contributed by atoms with Gasteiger partial charge in [0, 0.05) is 47.4 Å². The molecule has 1 N–H and O–H groups in total. The first-order chi connectivity index (χ1) is 17.1. The fourth-order valence-electron chi connectivity index (χ4n) is 4.07. The lowest BCUT2D eigenvalue weighted by molar-refractivity contribution is 0.0950. The van der Waals surface area contributed by atoms with Gasteiger partial charge in [-0.2, -0.15) is 0 Å². The Kier molecular flexibility index (Phi) is 7.12. The zero-order valence-electron chi connectivity index (χ0n) is 19.7. The molecule has 0 fully saturated rings. The number of hydrogen-bond acceptors (Lipinski definition) is 3. The number of fused-ring (bicyclic) bond motifs is 1. The number of amides is 3. The Morgan fingerprint density at radius 3 is 2.39 bits per heavy atom. The third-order valence-corrected chi connectivity index (χ3v) is 6.66. The summed E-state index contributed by atoms with van der Waals surface area (Å²) in [6, 6.07) is 10.4. The van der Waals surface area contributed by atoms with Gasteiger partial charge in [-0.15, -0.1) is 0 Å². The van der Waals surface area contributed by atoms with Crippen molar-refractivity contribution >= 4 is 29.2 Å². The van der Waals surface area contributed by atoms with E-state index < -0.39 is 35.9 Å². The lowest BCUT2D eigenvalue weighted by Crippen LogP contribution is -2.46. The van der Waals surface area contributed by atoms with Gasteiger partial charge in [-0.05, 0) is 36.8 Å². The Bertz CT molecular complexity index is 1310. The van der Waals surface area contributed by atoms with Crippen molar-refractivity contribution in [3.63, 3.8) is 0 Å². The normalized spacial score (nSPS) is 15.1. The van der Waals surface area contributed by atoms with Crippen LogP contribution in [0.5, 0.6) is 5.75 Å². The van der Waals surface area contributed by atoms with Gasteiger partial charge in [-0.25, -0.2) is 18.0 Å². The van der Waals surface area contributed by atoms with E-state index in [-0.39, 0.29) is 40.0 Å². The number of halogens is 4. The van der Waals surface area contributed by atoms with Gasteiger partial charge in [0.25, 0.3) is 5.91 Å². The summed E-state index contributed by atoms with van der Waals surface area (Å²) in [6.45, 7) is 1.28. The Morgan fingerprint density at radius 2 is 1.75 bits per heavy atom. The SMILES string of the molecule is COc1cc(F)c(CNC(=O)c2ccc3c(c2)N(Cc2c(F)cccc2Cl)C(=O)N(C)[C@H]3C)c(F)c1. The van der Waals surface area contributed by atoms with Gasteiger partial charge in [-0.3, -0.25) is 9.69 Å². The number of hydrogen-bond donors (Lipinski definition) is 1. The zero-order chi connectivity index (χ0) is 26.1. The van der Waals surface area contributed by atoms with E-state index >= 15 is 0 Å². The van der Waals surface area contributed by atoms with E-state index in [2.05, 4.69) is 5.32 Å². The summed E-state index contributed by atoms with van der Waals surface area (Å²) in [5, 5.41) is 2.67. The molecule has 3 aromatic rings. The van der Waals surface area contributed by atoms with Crippen molar-refractivity contribution < 1.29 is 27.5 Å². The second-order valence-electron chi connectivity index (χ2n) is 8.38. The average molecular weight is 518 g/mol. The largest absolute Gasteiger partial charge is 0.497 e. The minimum atomic E-state index is -0.854. The van der Waals surface area contributed by atoms with E-state index in [1.807, 2.05) is 6.92 Å². The van der Waals surface area contributed by atoms with Crippen LogP contribution in [0.3, 0.4) is 0 Å². The maximum absolute atomic E-state index is 14.5. The van der Waals surface area contributed by atoms with Crippen LogP contribution in [-0.4, -0.2) is 31.0 Å². The molecular weight excluding hydrogens is 495 g/mol. The molecule has 0 saturated carbocycles. The monoisotopic (exact) mass is 517 g/mol. The van der Waals surface area contributed by atoms with Gasteiger partial charge in [0.2, 0.25) is 0 Å². The highest BCUT2D eigenvalue weighted by atomic mass is 35.5. The quantitative estimate of drug-likeness (QED) is 0.447. The third-order valence-electron chi connectivity index (χ3n) is 6.30. The Morgan fingerprint density at radius 1 is 1.06 bits per heavy atom. The van der Waals surface area contributed by atoms with Crippen LogP contribution in [0.4, 0.5) is 23.7 Å². The van der Waals surface area contributed by atoms with Crippen molar-refractivity contribution in [1.29, 1.82) is 0 Å². The molecule has 1 atom stereocenters. The number of carbonyl (C=O) groups is 2. The van der Waals surface area contributed by atoms with Gasteiger partial charge in [0.15, 0.2) is 0 Å². The van der Waals surface area contributed by atoms with Crippen molar-refractivity contribution in [2.75, 3.05) is 19.1 Å². The van der Waals surface area contributed by atoms with Crippen molar-refractivity contribution in [3.8, 4) is 5.75 Å². The van der Waals surface area contributed by atoms with Crippen LogP contribution in [-0.2, 0) is 13.1 Å². The predicted octanol–water partition coefficient (Wildman–Crippen LogP) is 5.83. The number of benzene rings is 3. The van der Waals surface area contributed by atoms with E-state index in [4.69, 9.17) is 16.3 Å². The summed E-state index contributed by atoms with van der Waals surface area (Å²) < 4.78 is 47.9. The molecule has 188 valence electrons. The molecule has 10 heteroatoms. The molecule has 36 heavy (non-hydrogen) atoms. The van der Waals surface area contributed by atoms with Gasteiger partial charge >= 0.3 is 6.03 Å². The van der Waals surface area contributed by atoms with Crippen molar-refractivity contribution in [1.82, 2.24) is 10.2 Å². The lowest BCUT2D eigenvalue weighted by atomic mass is 9.98. The zero-order valence-corrected chi connectivity index (χ0v) is 20.5. The standard InChI is InChI=1S/C26H23ClF3N3O3/c1-14-17-8-7-15(25(34)31-12-18-22(29)10-16(36-3)11-23(18)30)9-24(17)33(26(35)32(14)2)13-19-20(27)5-4-6-21(19)28/h4-11,14H,12-13H2,1-3H3,(H,31,34)/t14-/m0/s1. The third kappa shape index (κ3) is 4.70. The summed E-state index contributed by atoms with van der Waals surface area (Å²) in [4.78, 5) is 28.9. The maximum atomic E-state index is 14.5. The van der Waals surface area contributed by atoms with Crippen molar-refractivity contribution in [2.45, 2.75) is 26.1 Å². The lowest BCUT2D eigenvalue weighted by Gasteiger charge is -2.39. The molecule has 0 bridgehead atoms. The summed E-state index contributed by atoms with van der Waals surface area (Å²) in [5.74, 6) is -2.85. The topological polar surface area (TPSA) is 61.9 Å². The molecule has 6 nitrogen and oxygen atoms in total. The summed E-state index contributed by atoms with van der Waals surface area (Å²) in [6.07, 6.45) is 0. The van der Waals surface area contributed by atoms with Crippen molar-refractivity contribution in [2.24, 2.45) is 0 Å². The van der Waals surface area contributed by atoms with Gasteiger partial charge in [0.05, 0.1) is 25.4 Å². The summed E-state index contributed by atoms with van der Waals surface area (Å²) in [7, 11) is 2.92. The van der Waals surface area contributed by atoms with E-state index in [1.54, 1.807) is 19.2 Å². The van der Waals surface area contributed by atoms with Gasteiger partial charge in [0.1, 0.15) is 23.2 Å². The van der Waals surface area contributed by atoms with Crippen LogP contribution < -0.4 is 15.0 Å². The molecule has 1 heterocycles. The molecule has 4 rings (SSSR count). The smallest absolute Gasteiger partial charge is 0.325 e. The molecule has 0 radical (unpaired) electrons. The summed E-state index contributed by atoms with van der Waals surface area (Å²) >= 11 is 6.19. The van der Waals surface area contributed by atoms with Crippen LogP contribution in [0.25, 0.3) is 0 Å². The van der Waals surface area contributed by atoms with E-state index in [9.17, 15) is 22.8 Å². The van der Waals surface area contributed by atoms with E-state index in [0.29, 0.717) is 5.69 Å². The number of nitrogens with one attached hydrogen (secondary N) is 1. The number of methoxy groups -OCH3 is 1. The molecule has 1 aliphatic rings. The molecule has 0 spiro atoms. The fraction of sp³-hybridized carbons (Fsp3) is 0.231. The summed E-state index contributed by atoms with van der Waals surface area (Å²) in [5.41, 5.74) is 1.15. The minimum absolute atomic E-state index is 0.0218. The van der Waals surface area contributed by atoms with Crippen LogP contribution in [0.2, 0.25) is 5.02 Å². The van der Waals surface area contributed by atoms with Crippen molar-refractivity contribution in [3.05, 3.63) is 93.3 Å². The molecule has 3 amide bonds. The molecule has 0 aliphatic carbocycles. The number of anilines is 1. The van der Waals surface area contributed by atoms with Crippen LogP contribution in [0.1, 0.15) is 40.0 Å². The van der Waals surface area contributed by atoms with Gasteiger partial charge < -0.3 is 15.0 Å². The van der Waals surface area contributed by atoms with E-state index in [1.165, 1.54) is 41.2 Å².